The van der Waals surface area contributed by atoms with Gasteiger partial charge in [0.25, 0.3) is 0 Å². The maximum atomic E-state index is 4.58. The van der Waals surface area contributed by atoms with Crippen LogP contribution in [0.2, 0.25) is 0 Å². The van der Waals surface area contributed by atoms with E-state index in [0.717, 1.165) is 30.9 Å². The highest BCUT2D eigenvalue weighted by Gasteiger charge is 2.07. The Balaban J connectivity index is 1.88. The number of hydrogen-bond acceptors (Lipinski definition) is 4. The van der Waals surface area contributed by atoms with E-state index in [1.54, 1.807) is 0 Å². The zero-order chi connectivity index (χ0) is 15.2. The minimum atomic E-state index is 0.435. The summed E-state index contributed by atoms with van der Waals surface area (Å²) >= 11 is 0. The predicted octanol–water partition coefficient (Wildman–Crippen LogP) is 2.24. The van der Waals surface area contributed by atoms with Gasteiger partial charge in [-0.05, 0) is 31.9 Å². The van der Waals surface area contributed by atoms with Crippen molar-refractivity contribution in [2.75, 3.05) is 6.54 Å². The lowest BCUT2D eigenvalue weighted by Crippen LogP contribution is -2.19. The van der Waals surface area contributed by atoms with Crippen molar-refractivity contribution in [3.05, 3.63) is 29.8 Å². The largest absolute Gasteiger partial charge is 0.311 e. The van der Waals surface area contributed by atoms with Gasteiger partial charge in [0.15, 0.2) is 0 Å². The second-order valence-corrected chi connectivity index (χ2v) is 5.98. The zero-order valence-corrected chi connectivity index (χ0v) is 13.5. The molecule has 0 bridgehead atoms. The second kappa shape index (κ2) is 7.36. The summed E-state index contributed by atoms with van der Waals surface area (Å²) in [6, 6.07) is 2.48. The van der Waals surface area contributed by atoms with Gasteiger partial charge in [0, 0.05) is 18.8 Å². The molecular weight excluding hydrogens is 264 g/mol. The Kier molecular flexibility index (Phi) is 5.50. The van der Waals surface area contributed by atoms with Gasteiger partial charge < -0.3 is 5.32 Å². The molecule has 21 heavy (non-hydrogen) atoms. The van der Waals surface area contributed by atoms with Crippen molar-refractivity contribution in [1.82, 2.24) is 30.1 Å². The monoisotopic (exact) mass is 290 g/mol. The van der Waals surface area contributed by atoms with Crippen LogP contribution in [-0.4, -0.2) is 31.3 Å². The van der Waals surface area contributed by atoms with Gasteiger partial charge in [0.05, 0.1) is 24.1 Å². The Bertz CT molecular complexity index is 542. The first-order valence-electron chi connectivity index (χ1n) is 7.72. The second-order valence-electron chi connectivity index (χ2n) is 5.98. The Labute approximate surface area is 126 Å². The molecule has 0 saturated heterocycles. The molecule has 0 saturated carbocycles. The molecule has 2 rings (SSSR count). The molecular formula is C15H26N6. The molecule has 6 heteroatoms. The van der Waals surface area contributed by atoms with Crippen LogP contribution in [0.15, 0.2) is 18.5 Å². The topological polar surface area (TPSA) is 60.6 Å². The first-order chi connectivity index (χ1) is 10.1. The first-order valence-corrected chi connectivity index (χ1v) is 7.72. The Hall–Kier alpha value is -1.69. The van der Waals surface area contributed by atoms with Crippen molar-refractivity contribution in [3.8, 4) is 0 Å². The molecule has 6 nitrogen and oxygen atoms in total. The molecule has 2 aromatic rings. The fourth-order valence-electron chi connectivity index (χ4n) is 2.05. The summed E-state index contributed by atoms with van der Waals surface area (Å²) in [6.07, 6.45) is 5.09. The third-order valence-electron chi connectivity index (χ3n) is 3.47. The number of nitrogens with one attached hydrogen (secondary N) is 1. The number of aromatic nitrogens is 5. The van der Waals surface area contributed by atoms with Crippen molar-refractivity contribution in [2.45, 2.75) is 53.2 Å². The van der Waals surface area contributed by atoms with Gasteiger partial charge in [0.1, 0.15) is 0 Å². The smallest absolute Gasteiger partial charge is 0.0964 e. The Morgan fingerprint density at radius 3 is 2.76 bits per heavy atom. The maximum Gasteiger partial charge on any atom is 0.0964 e. The van der Waals surface area contributed by atoms with Gasteiger partial charge in [-0.25, -0.2) is 4.68 Å². The van der Waals surface area contributed by atoms with Crippen LogP contribution in [-0.2, 0) is 13.1 Å². The van der Waals surface area contributed by atoms with E-state index in [9.17, 15) is 0 Å². The molecule has 0 amide bonds. The van der Waals surface area contributed by atoms with Crippen LogP contribution in [0.1, 0.15) is 51.5 Å². The molecule has 0 aliphatic heterocycles. The van der Waals surface area contributed by atoms with Crippen molar-refractivity contribution >= 4 is 0 Å². The van der Waals surface area contributed by atoms with Crippen LogP contribution in [0.25, 0.3) is 0 Å². The molecule has 0 fully saturated rings. The van der Waals surface area contributed by atoms with Crippen LogP contribution in [0.4, 0.5) is 0 Å². The average molecular weight is 290 g/mol. The fraction of sp³-hybridized carbons (Fsp3) is 0.667. The zero-order valence-electron chi connectivity index (χ0n) is 13.5. The molecule has 1 N–H and O–H groups in total. The Morgan fingerprint density at radius 2 is 2.05 bits per heavy atom. The summed E-state index contributed by atoms with van der Waals surface area (Å²) in [5, 5.41) is 16.3. The average Bonchev–Trinajstić information content (AvgIpc) is 3.08. The van der Waals surface area contributed by atoms with Gasteiger partial charge in [-0.1, -0.05) is 26.0 Å². The summed E-state index contributed by atoms with van der Waals surface area (Å²) in [5.41, 5.74) is 1.99. The van der Waals surface area contributed by atoms with Gasteiger partial charge in [0.2, 0.25) is 0 Å². The van der Waals surface area contributed by atoms with Crippen LogP contribution in [0, 0.1) is 5.92 Å². The summed E-state index contributed by atoms with van der Waals surface area (Å²) in [4.78, 5) is 0. The maximum absolute atomic E-state index is 4.58. The summed E-state index contributed by atoms with van der Waals surface area (Å²) in [5.74, 6) is 0.643. The summed E-state index contributed by atoms with van der Waals surface area (Å²) in [7, 11) is 0. The number of rotatable bonds is 8. The molecule has 0 spiro atoms. The van der Waals surface area contributed by atoms with Gasteiger partial charge >= 0.3 is 0 Å². The molecule has 1 unspecified atom stereocenters. The Morgan fingerprint density at radius 1 is 1.24 bits per heavy atom. The quantitative estimate of drug-likeness (QED) is 0.810. The molecule has 116 valence electrons. The molecule has 0 aliphatic carbocycles. The summed E-state index contributed by atoms with van der Waals surface area (Å²) in [6.45, 7) is 11.1. The summed E-state index contributed by atoms with van der Waals surface area (Å²) < 4.78 is 3.85. The highest BCUT2D eigenvalue weighted by atomic mass is 15.4. The minimum Gasteiger partial charge on any atom is -0.311 e. The molecule has 0 aliphatic rings. The van der Waals surface area contributed by atoms with Gasteiger partial charge in [-0.15, -0.1) is 5.10 Å². The van der Waals surface area contributed by atoms with E-state index in [0.29, 0.717) is 18.5 Å². The van der Waals surface area contributed by atoms with E-state index in [-0.39, 0.29) is 0 Å². The number of hydrogen-bond donors (Lipinski definition) is 1. The lowest BCUT2D eigenvalue weighted by Gasteiger charge is -2.08. The van der Waals surface area contributed by atoms with E-state index in [1.807, 2.05) is 27.8 Å². The molecule has 0 radical (unpaired) electrons. The normalized spacial score (nSPS) is 13.0. The highest BCUT2D eigenvalue weighted by Crippen LogP contribution is 2.09. The van der Waals surface area contributed by atoms with E-state index in [4.69, 9.17) is 0 Å². The molecule has 2 aromatic heterocycles. The van der Waals surface area contributed by atoms with Gasteiger partial charge in [-0.2, -0.15) is 5.10 Å². The van der Waals surface area contributed by atoms with Crippen molar-refractivity contribution in [2.24, 2.45) is 5.92 Å². The van der Waals surface area contributed by atoms with E-state index < -0.39 is 0 Å². The van der Waals surface area contributed by atoms with Crippen molar-refractivity contribution in [1.29, 1.82) is 0 Å². The van der Waals surface area contributed by atoms with Crippen LogP contribution in [0.5, 0.6) is 0 Å². The lowest BCUT2D eigenvalue weighted by atomic mass is 10.2. The van der Waals surface area contributed by atoms with Crippen molar-refractivity contribution in [3.63, 3.8) is 0 Å². The van der Waals surface area contributed by atoms with Crippen LogP contribution in [0.3, 0.4) is 0 Å². The minimum absolute atomic E-state index is 0.435. The van der Waals surface area contributed by atoms with Gasteiger partial charge in [-0.3, -0.25) is 4.68 Å². The standard InChI is InChI=1S/C15H26N6/c1-5-13(4)21-7-6-14(18-21)10-20-11-15(17-19-20)9-16-8-12(2)3/h6-7,11-13,16H,5,8-10H2,1-4H3. The van der Waals surface area contributed by atoms with Crippen molar-refractivity contribution < 1.29 is 0 Å². The number of nitrogens with zero attached hydrogens (tertiary/aromatic N) is 5. The molecule has 0 aromatic carbocycles. The van der Waals surface area contributed by atoms with E-state index >= 15 is 0 Å². The van der Waals surface area contributed by atoms with Crippen LogP contribution >= 0.6 is 0 Å². The SMILES string of the molecule is CCC(C)n1ccc(Cn2cc(CNCC(C)C)nn2)n1. The third kappa shape index (κ3) is 4.67. The fourth-order valence-corrected chi connectivity index (χ4v) is 2.05. The molecule has 1 atom stereocenters. The highest BCUT2D eigenvalue weighted by molar-refractivity contribution is 5.01. The predicted molar refractivity (Wildman–Crippen MR) is 82.9 cm³/mol. The molecule has 2 heterocycles. The first kappa shape index (κ1) is 15.7. The van der Waals surface area contributed by atoms with E-state index in [2.05, 4.69) is 48.4 Å². The lowest BCUT2D eigenvalue weighted by molar-refractivity contribution is 0.470. The third-order valence-corrected chi connectivity index (χ3v) is 3.47. The van der Waals surface area contributed by atoms with E-state index in [1.165, 1.54) is 0 Å². The van der Waals surface area contributed by atoms with Crippen LogP contribution < -0.4 is 5.32 Å².